The molecule has 9 heteroatoms. The van der Waals surface area contributed by atoms with Gasteiger partial charge in [0.05, 0.1) is 11.8 Å². The Balaban J connectivity index is 1.58. The third-order valence-electron chi connectivity index (χ3n) is 2.88. The standard InChI is InChI=1S/C12H12N6O2S/c19-10(5-18-7-13-6-16-18)14-2-3-17-8-15-9-1-4-21-11(9)12(17)20/h1,4,6-8H,2-3,5H2,(H,14,19). The molecule has 21 heavy (non-hydrogen) atoms. The number of hydrogen-bond donors (Lipinski definition) is 1. The molecule has 0 aliphatic heterocycles. The highest BCUT2D eigenvalue weighted by Gasteiger charge is 2.06. The van der Waals surface area contributed by atoms with Crippen molar-refractivity contribution in [3.8, 4) is 0 Å². The highest BCUT2D eigenvalue weighted by atomic mass is 32.1. The first kappa shape index (κ1) is 13.4. The quantitative estimate of drug-likeness (QED) is 0.708. The van der Waals surface area contributed by atoms with Gasteiger partial charge in [-0.3, -0.25) is 14.2 Å². The summed E-state index contributed by atoms with van der Waals surface area (Å²) >= 11 is 1.37. The lowest BCUT2D eigenvalue weighted by Crippen LogP contribution is -2.33. The van der Waals surface area contributed by atoms with Crippen molar-refractivity contribution in [2.24, 2.45) is 0 Å². The van der Waals surface area contributed by atoms with Crippen molar-refractivity contribution in [1.29, 1.82) is 0 Å². The number of rotatable bonds is 5. The van der Waals surface area contributed by atoms with Crippen LogP contribution in [0.2, 0.25) is 0 Å². The molecule has 0 fully saturated rings. The molecule has 1 N–H and O–H groups in total. The Morgan fingerprint density at radius 1 is 1.38 bits per heavy atom. The molecular formula is C12H12N6O2S. The maximum Gasteiger partial charge on any atom is 0.271 e. The van der Waals surface area contributed by atoms with Crippen LogP contribution in [0.15, 0.2) is 35.2 Å². The number of thiophene rings is 1. The van der Waals surface area contributed by atoms with Crippen LogP contribution in [0.25, 0.3) is 10.2 Å². The van der Waals surface area contributed by atoms with Gasteiger partial charge in [-0.25, -0.2) is 14.6 Å². The Hall–Kier alpha value is -2.55. The number of carbonyl (C=O) groups excluding carboxylic acids is 1. The minimum atomic E-state index is -0.182. The van der Waals surface area contributed by atoms with E-state index in [1.807, 2.05) is 11.4 Å². The summed E-state index contributed by atoms with van der Waals surface area (Å²) in [7, 11) is 0. The van der Waals surface area contributed by atoms with Crippen LogP contribution in [0.4, 0.5) is 0 Å². The topological polar surface area (TPSA) is 94.7 Å². The van der Waals surface area contributed by atoms with Crippen LogP contribution in [-0.4, -0.2) is 36.8 Å². The molecule has 0 bridgehead atoms. The molecule has 8 nitrogen and oxygen atoms in total. The minimum Gasteiger partial charge on any atom is -0.353 e. The van der Waals surface area contributed by atoms with E-state index in [-0.39, 0.29) is 18.0 Å². The summed E-state index contributed by atoms with van der Waals surface area (Å²) in [5.41, 5.74) is 0.622. The van der Waals surface area contributed by atoms with Gasteiger partial charge < -0.3 is 5.32 Å². The summed E-state index contributed by atoms with van der Waals surface area (Å²) in [6.07, 6.45) is 4.34. The Morgan fingerprint density at radius 2 is 2.29 bits per heavy atom. The van der Waals surface area contributed by atoms with Crippen molar-refractivity contribution in [1.82, 2.24) is 29.6 Å². The second-order valence-electron chi connectivity index (χ2n) is 4.32. The van der Waals surface area contributed by atoms with Gasteiger partial charge in [0.15, 0.2) is 0 Å². The molecule has 3 aromatic rings. The van der Waals surface area contributed by atoms with Gasteiger partial charge in [0, 0.05) is 13.1 Å². The van der Waals surface area contributed by atoms with E-state index in [0.29, 0.717) is 23.3 Å². The highest BCUT2D eigenvalue weighted by molar-refractivity contribution is 7.17. The number of carbonyl (C=O) groups is 1. The number of hydrogen-bond acceptors (Lipinski definition) is 6. The first-order valence-electron chi connectivity index (χ1n) is 6.26. The maximum absolute atomic E-state index is 12.1. The summed E-state index contributed by atoms with van der Waals surface area (Å²) < 4.78 is 3.56. The molecular weight excluding hydrogens is 292 g/mol. The van der Waals surface area contributed by atoms with Gasteiger partial charge in [-0.05, 0) is 11.4 Å². The van der Waals surface area contributed by atoms with Gasteiger partial charge in [0.25, 0.3) is 5.56 Å². The van der Waals surface area contributed by atoms with Gasteiger partial charge in [-0.1, -0.05) is 0 Å². The molecule has 1 amide bonds. The van der Waals surface area contributed by atoms with Gasteiger partial charge in [-0.2, -0.15) is 5.10 Å². The van der Waals surface area contributed by atoms with Crippen LogP contribution in [0, 0.1) is 0 Å². The van der Waals surface area contributed by atoms with Gasteiger partial charge in [0.2, 0.25) is 5.91 Å². The highest BCUT2D eigenvalue weighted by Crippen LogP contribution is 2.12. The van der Waals surface area contributed by atoms with E-state index in [0.717, 1.165) is 0 Å². The van der Waals surface area contributed by atoms with Crippen molar-refractivity contribution in [3.05, 3.63) is 40.8 Å². The van der Waals surface area contributed by atoms with Crippen molar-refractivity contribution >= 4 is 27.5 Å². The predicted molar refractivity (Wildman–Crippen MR) is 76.9 cm³/mol. The zero-order chi connectivity index (χ0) is 14.7. The summed E-state index contributed by atoms with van der Waals surface area (Å²) in [6.45, 7) is 0.839. The van der Waals surface area contributed by atoms with Crippen LogP contribution >= 0.6 is 11.3 Å². The molecule has 3 heterocycles. The van der Waals surface area contributed by atoms with E-state index in [4.69, 9.17) is 0 Å². The Kier molecular flexibility index (Phi) is 3.73. The SMILES string of the molecule is O=C(Cn1cncn1)NCCn1cnc2ccsc2c1=O. The molecule has 0 aliphatic rings. The summed E-state index contributed by atoms with van der Waals surface area (Å²) in [6, 6.07) is 1.81. The monoisotopic (exact) mass is 304 g/mol. The molecule has 3 rings (SSSR count). The first-order chi connectivity index (χ1) is 10.2. The van der Waals surface area contributed by atoms with Crippen molar-refractivity contribution in [2.45, 2.75) is 13.1 Å². The molecule has 108 valence electrons. The molecule has 0 saturated carbocycles. The lowest BCUT2D eigenvalue weighted by Gasteiger charge is -2.07. The van der Waals surface area contributed by atoms with Crippen LogP contribution in [0.3, 0.4) is 0 Å². The van der Waals surface area contributed by atoms with Crippen LogP contribution in [0.5, 0.6) is 0 Å². The molecule has 0 atom stereocenters. The van der Waals surface area contributed by atoms with Crippen LogP contribution in [0.1, 0.15) is 0 Å². The summed E-state index contributed by atoms with van der Waals surface area (Å²) in [5.74, 6) is -0.182. The average molecular weight is 304 g/mol. The molecule has 0 unspecified atom stereocenters. The molecule has 3 aromatic heterocycles. The van der Waals surface area contributed by atoms with E-state index < -0.39 is 0 Å². The number of aromatic nitrogens is 5. The maximum atomic E-state index is 12.1. The minimum absolute atomic E-state index is 0.0828. The van der Waals surface area contributed by atoms with Crippen molar-refractivity contribution < 1.29 is 4.79 Å². The van der Waals surface area contributed by atoms with Gasteiger partial charge >= 0.3 is 0 Å². The van der Waals surface area contributed by atoms with Gasteiger partial charge in [0.1, 0.15) is 23.9 Å². The second kappa shape index (κ2) is 5.83. The summed E-state index contributed by atoms with van der Waals surface area (Å²) in [5, 5.41) is 8.41. The number of nitrogens with zero attached hydrogens (tertiary/aromatic N) is 5. The fourth-order valence-corrected chi connectivity index (χ4v) is 2.66. The van der Waals surface area contributed by atoms with E-state index in [9.17, 15) is 9.59 Å². The second-order valence-corrected chi connectivity index (χ2v) is 5.24. The van der Waals surface area contributed by atoms with Crippen molar-refractivity contribution in [2.75, 3.05) is 6.54 Å². The van der Waals surface area contributed by atoms with Gasteiger partial charge in [-0.15, -0.1) is 11.3 Å². The van der Waals surface area contributed by atoms with E-state index in [2.05, 4.69) is 20.4 Å². The zero-order valence-electron chi connectivity index (χ0n) is 11.0. The zero-order valence-corrected chi connectivity index (χ0v) is 11.8. The van der Waals surface area contributed by atoms with E-state index in [1.165, 1.54) is 39.6 Å². The number of nitrogens with one attached hydrogen (secondary N) is 1. The molecule has 0 aliphatic carbocycles. The summed E-state index contributed by atoms with van der Waals surface area (Å²) in [4.78, 5) is 31.7. The number of fused-ring (bicyclic) bond motifs is 1. The molecule has 0 aromatic carbocycles. The third kappa shape index (κ3) is 2.97. The Bertz CT molecular complexity index is 807. The molecule has 0 radical (unpaired) electrons. The van der Waals surface area contributed by atoms with Crippen LogP contribution < -0.4 is 10.9 Å². The smallest absolute Gasteiger partial charge is 0.271 e. The Morgan fingerprint density at radius 3 is 3.10 bits per heavy atom. The fraction of sp³-hybridized carbons (Fsp3) is 0.250. The lowest BCUT2D eigenvalue weighted by molar-refractivity contribution is -0.121. The molecule has 0 spiro atoms. The normalized spacial score (nSPS) is 10.9. The van der Waals surface area contributed by atoms with Crippen LogP contribution in [-0.2, 0) is 17.9 Å². The molecule has 0 saturated heterocycles. The van der Waals surface area contributed by atoms with Crippen molar-refractivity contribution in [3.63, 3.8) is 0 Å². The lowest BCUT2D eigenvalue weighted by atomic mass is 10.4. The Labute approximate surface area is 123 Å². The third-order valence-corrected chi connectivity index (χ3v) is 3.77. The number of amides is 1. The van der Waals surface area contributed by atoms with E-state index in [1.54, 1.807) is 0 Å². The average Bonchev–Trinajstić information content (AvgIpc) is 3.12. The fourth-order valence-electron chi connectivity index (χ4n) is 1.87. The predicted octanol–water partition coefficient (Wildman–Crippen LogP) is -0.134. The largest absolute Gasteiger partial charge is 0.353 e. The van der Waals surface area contributed by atoms with E-state index >= 15 is 0 Å². The first-order valence-corrected chi connectivity index (χ1v) is 7.14.